The molecule has 0 saturated carbocycles. The molecule has 1 aromatic heterocycles. The zero-order chi connectivity index (χ0) is 16.6. The summed E-state index contributed by atoms with van der Waals surface area (Å²) in [6.07, 6.45) is 0. The summed E-state index contributed by atoms with van der Waals surface area (Å²) in [5.74, 6) is -0.710. The van der Waals surface area contributed by atoms with E-state index in [4.69, 9.17) is 13.9 Å². The van der Waals surface area contributed by atoms with Crippen molar-refractivity contribution >= 4 is 22.8 Å². The Morgan fingerprint density at radius 1 is 1.39 bits per heavy atom. The lowest BCUT2D eigenvalue weighted by Gasteiger charge is -2.32. The third kappa shape index (κ3) is 2.63. The van der Waals surface area contributed by atoms with Crippen molar-refractivity contribution in [3.8, 4) is 5.75 Å². The van der Waals surface area contributed by atoms with E-state index in [-0.39, 0.29) is 18.9 Å². The summed E-state index contributed by atoms with van der Waals surface area (Å²) in [5, 5.41) is 10.0. The second kappa shape index (κ2) is 5.92. The van der Waals surface area contributed by atoms with Gasteiger partial charge in [-0.25, -0.2) is 4.79 Å². The number of hydrogen-bond acceptors (Lipinski definition) is 5. The first-order chi connectivity index (χ1) is 11.0. The average Bonchev–Trinajstić information content (AvgIpc) is 2.90. The maximum absolute atomic E-state index is 12.7. The van der Waals surface area contributed by atoms with Gasteiger partial charge in [-0.05, 0) is 25.1 Å². The third-order valence-electron chi connectivity index (χ3n) is 4.01. The number of carbonyl (C=O) groups is 2. The lowest BCUT2D eigenvalue weighted by molar-refractivity contribution is -0.147. The molecule has 0 bridgehead atoms. The largest absolute Gasteiger partial charge is 0.497 e. The second-order valence-electron chi connectivity index (χ2n) is 5.35. The van der Waals surface area contributed by atoms with Crippen molar-refractivity contribution < 1.29 is 28.6 Å². The molecule has 1 N–H and O–H groups in total. The van der Waals surface area contributed by atoms with Gasteiger partial charge in [-0.1, -0.05) is 0 Å². The summed E-state index contributed by atoms with van der Waals surface area (Å²) < 4.78 is 16.0. The molecule has 7 nitrogen and oxygen atoms in total. The minimum Gasteiger partial charge on any atom is -0.497 e. The Hall–Kier alpha value is -2.54. The van der Waals surface area contributed by atoms with Gasteiger partial charge in [0, 0.05) is 17.5 Å². The highest BCUT2D eigenvalue weighted by Crippen LogP contribution is 2.30. The van der Waals surface area contributed by atoms with Crippen LogP contribution in [-0.2, 0) is 9.53 Å². The molecule has 3 rings (SSSR count). The molecule has 2 aromatic rings. The summed E-state index contributed by atoms with van der Waals surface area (Å²) in [4.78, 5) is 25.3. The number of benzene rings is 1. The summed E-state index contributed by atoms with van der Waals surface area (Å²) in [7, 11) is 1.56. The first-order valence-electron chi connectivity index (χ1n) is 7.21. The number of aryl methyl sites for hydroxylation is 1. The van der Waals surface area contributed by atoms with E-state index in [2.05, 4.69) is 0 Å². The highest BCUT2D eigenvalue weighted by Gasteiger charge is 2.35. The molecule has 0 spiro atoms. The van der Waals surface area contributed by atoms with Gasteiger partial charge in [0.25, 0.3) is 5.91 Å². The smallest absolute Gasteiger partial charge is 0.328 e. The van der Waals surface area contributed by atoms with Crippen LogP contribution in [0.3, 0.4) is 0 Å². The number of morpholine rings is 1. The molecule has 1 amide bonds. The van der Waals surface area contributed by atoms with Gasteiger partial charge in [0.2, 0.25) is 0 Å². The Kier molecular flexibility index (Phi) is 3.96. The molecule has 2 heterocycles. The number of aliphatic carboxylic acids is 1. The Balaban J connectivity index is 2.00. The van der Waals surface area contributed by atoms with Crippen LogP contribution in [0, 0.1) is 6.92 Å². The Bertz CT molecular complexity index is 765. The van der Waals surface area contributed by atoms with Crippen LogP contribution in [0.25, 0.3) is 11.0 Å². The number of ether oxygens (including phenoxy) is 2. The fraction of sp³-hybridized carbons (Fsp3) is 0.375. The summed E-state index contributed by atoms with van der Waals surface area (Å²) in [5.41, 5.74) is 1.23. The predicted octanol–water partition coefficient (Wildman–Crippen LogP) is 1.68. The number of rotatable bonds is 3. The molecule has 1 atom stereocenters. The quantitative estimate of drug-likeness (QED) is 0.926. The van der Waals surface area contributed by atoms with Crippen LogP contribution < -0.4 is 4.74 Å². The molecule has 1 aliphatic rings. The van der Waals surface area contributed by atoms with Crippen molar-refractivity contribution in [3.63, 3.8) is 0 Å². The van der Waals surface area contributed by atoms with Crippen LogP contribution in [-0.4, -0.2) is 54.8 Å². The van der Waals surface area contributed by atoms with E-state index in [0.717, 1.165) is 5.39 Å². The molecule has 23 heavy (non-hydrogen) atoms. The first kappa shape index (κ1) is 15.4. The standard InChI is InChI=1S/C16H17NO6/c1-9-11-7-10(21-2)3-4-13(11)23-14(9)15(18)17-5-6-22-8-12(17)16(19)20/h3-4,7,12H,5-6,8H2,1-2H3,(H,19,20). The van der Waals surface area contributed by atoms with Crippen LogP contribution in [0.1, 0.15) is 16.1 Å². The molecule has 1 saturated heterocycles. The maximum atomic E-state index is 12.7. The van der Waals surface area contributed by atoms with Gasteiger partial charge in [0.15, 0.2) is 11.8 Å². The molecule has 7 heteroatoms. The van der Waals surface area contributed by atoms with Crippen molar-refractivity contribution in [3.05, 3.63) is 29.5 Å². The van der Waals surface area contributed by atoms with E-state index < -0.39 is 17.9 Å². The zero-order valence-electron chi connectivity index (χ0n) is 12.9. The van der Waals surface area contributed by atoms with Gasteiger partial charge in [-0.2, -0.15) is 0 Å². The molecular formula is C16H17NO6. The minimum absolute atomic E-state index is 0.0197. The Morgan fingerprint density at radius 2 is 2.17 bits per heavy atom. The lowest BCUT2D eigenvalue weighted by Crippen LogP contribution is -2.52. The first-order valence-corrected chi connectivity index (χ1v) is 7.21. The third-order valence-corrected chi connectivity index (χ3v) is 4.01. The molecule has 0 radical (unpaired) electrons. The normalized spacial score (nSPS) is 18.2. The van der Waals surface area contributed by atoms with Crippen LogP contribution in [0.4, 0.5) is 0 Å². The molecular weight excluding hydrogens is 302 g/mol. The van der Waals surface area contributed by atoms with Crippen molar-refractivity contribution in [2.24, 2.45) is 0 Å². The molecule has 1 aromatic carbocycles. The SMILES string of the molecule is COc1ccc2oc(C(=O)N3CCOCC3C(=O)O)c(C)c2c1. The number of methoxy groups -OCH3 is 1. The van der Waals surface area contributed by atoms with E-state index in [1.54, 1.807) is 32.2 Å². The van der Waals surface area contributed by atoms with Gasteiger partial charge in [-0.3, -0.25) is 4.79 Å². The summed E-state index contributed by atoms with van der Waals surface area (Å²) in [6.45, 7) is 2.28. The van der Waals surface area contributed by atoms with Crippen molar-refractivity contribution in [2.45, 2.75) is 13.0 Å². The Morgan fingerprint density at radius 3 is 2.87 bits per heavy atom. The average molecular weight is 319 g/mol. The van der Waals surface area contributed by atoms with Crippen LogP contribution in [0.15, 0.2) is 22.6 Å². The highest BCUT2D eigenvalue weighted by molar-refractivity contribution is 6.00. The Labute approximate surface area is 132 Å². The number of nitrogens with zero attached hydrogens (tertiary/aromatic N) is 1. The lowest BCUT2D eigenvalue weighted by atomic mass is 10.1. The number of hydrogen-bond donors (Lipinski definition) is 1. The number of amides is 1. The second-order valence-corrected chi connectivity index (χ2v) is 5.35. The number of carboxylic acids is 1. The summed E-state index contributed by atoms with van der Waals surface area (Å²) in [6, 6.07) is 4.26. The highest BCUT2D eigenvalue weighted by atomic mass is 16.5. The van der Waals surface area contributed by atoms with Gasteiger partial charge >= 0.3 is 5.97 Å². The van der Waals surface area contributed by atoms with Gasteiger partial charge in [0.1, 0.15) is 11.3 Å². The fourth-order valence-corrected chi connectivity index (χ4v) is 2.71. The van der Waals surface area contributed by atoms with Crippen molar-refractivity contribution in [1.29, 1.82) is 0 Å². The molecule has 1 fully saturated rings. The minimum atomic E-state index is -1.09. The van der Waals surface area contributed by atoms with Gasteiger partial charge < -0.3 is 23.9 Å². The number of furan rings is 1. The maximum Gasteiger partial charge on any atom is 0.328 e. The van der Waals surface area contributed by atoms with Crippen molar-refractivity contribution in [2.75, 3.05) is 26.9 Å². The van der Waals surface area contributed by atoms with Gasteiger partial charge in [-0.15, -0.1) is 0 Å². The van der Waals surface area contributed by atoms with E-state index in [9.17, 15) is 14.7 Å². The van der Waals surface area contributed by atoms with E-state index in [0.29, 0.717) is 23.5 Å². The summed E-state index contributed by atoms with van der Waals surface area (Å²) >= 11 is 0. The molecule has 1 unspecified atom stereocenters. The van der Waals surface area contributed by atoms with Crippen LogP contribution in [0.5, 0.6) is 5.75 Å². The van der Waals surface area contributed by atoms with Gasteiger partial charge in [0.05, 0.1) is 20.3 Å². The predicted molar refractivity (Wildman–Crippen MR) is 80.8 cm³/mol. The topological polar surface area (TPSA) is 89.2 Å². The molecule has 122 valence electrons. The monoisotopic (exact) mass is 319 g/mol. The van der Waals surface area contributed by atoms with E-state index in [1.165, 1.54) is 4.90 Å². The number of carboxylic acid groups (broad SMARTS) is 1. The van der Waals surface area contributed by atoms with Crippen LogP contribution in [0.2, 0.25) is 0 Å². The van der Waals surface area contributed by atoms with Crippen molar-refractivity contribution in [1.82, 2.24) is 4.90 Å². The number of fused-ring (bicyclic) bond motifs is 1. The fourth-order valence-electron chi connectivity index (χ4n) is 2.71. The molecule has 1 aliphatic heterocycles. The zero-order valence-corrected chi connectivity index (χ0v) is 12.9. The molecule has 0 aliphatic carbocycles. The van der Waals surface area contributed by atoms with E-state index >= 15 is 0 Å². The van der Waals surface area contributed by atoms with Crippen LogP contribution >= 0.6 is 0 Å². The van der Waals surface area contributed by atoms with E-state index in [1.807, 2.05) is 0 Å². The number of carbonyl (C=O) groups excluding carboxylic acids is 1.